The molecular weight excluding hydrogens is 298 g/mol. The van der Waals surface area contributed by atoms with Gasteiger partial charge < -0.3 is 5.11 Å². The van der Waals surface area contributed by atoms with Crippen LogP contribution in [-0.2, 0) is 10.0 Å². The maximum absolute atomic E-state index is 12.9. The lowest BCUT2D eigenvalue weighted by Crippen LogP contribution is -2.26. The van der Waals surface area contributed by atoms with Crippen LogP contribution in [0.15, 0.2) is 71.6 Å². The van der Waals surface area contributed by atoms with Crippen molar-refractivity contribution in [2.24, 2.45) is 0 Å². The largest absolute Gasteiger partial charge is 0.506 e. The van der Waals surface area contributed by atoms with Crippen molar-refractivity contribution in [2.45, 2.75) is 4.90 Å². The number of anilines is 1. The number of hydrogen-bond donors (Lipinski definition) is 1. The molecule has 1 N–H and O–H groups in total. The van der Waals surface area contributed by atoms with Crippen molar-refractivity contribution in [1.82, 2.24) is 0 Å². The van der Waals surface area contributed by atoms with Gasteiger partial charge in [-0.15, -0.1) is 0 Å². The summed E-state index contributed by atoms with van der Waals surface area (Å²) in [6, 6.07) is 18.8. The Labute approximate surface area is 129 Å². The molecule has 0 spiro atoms. The summed E-state index contributed by atoms with van der Waals surface area (Å²) in [5.41, 5.74) is 0.246. The van der Waals surface area contributed by atoms with Crippen molar-refractivity contribution in [1.29, 1.82) is 0 Å². The summed E-state index contributed by atoms with van der Waals surface area (Å²) in [5.74, 6) is -0.0752. The lowest BCUT2D eigenvalue weighted by molar-refractivity contribution is 0.476. The van der Waals surface area contributed by atoms with Crippen LogP contribution in [-0.4, -0.2) is 20.6 Å². The number of hydrogen-bond acceptors (Lipinski definition) is 3. The van der Waals surface area contributed by atoms with Crippen LogP contribution in [0.4, 0.5) is 5.69 Å². The van der Waals surface area contributed by atoms with E-state index in [-0.39, 0.29) is 16.3 Å². The van der Waals surface area contributed by atoms with Crippen LogP contribution in [0.3, 0.4) is 0 Å². The Bertz CT molecular complexity index is 930. The first-order valence-corrected chi connectivity index (χ1v) is 8.20. The van der Waals surface area contributed by atoms with Gasteiger partial charge >= 0.3 is 0 Å². The molecule has 0 bridgehead atoms. The minimum absolute atomic E-state index is 0.0752. The Morgan fingerprint density at radius 1 is 0.864 bits per heavy atom. The number of phenolic OH excluding ortho intramolecular Hbond substituents is 1. The summed E-state index contributed by atoms with van der Waals surface area (Å²) in [6.07, 6.45) is 0. The Morgan fingerprint density at radius 3 is 2.27 bits per heavy atom. The van der Waals surface area contributed by atoms with Gasteiger partial charge in [0.1, 0.15) is 5.75 Å². The number of rotatable bonds is 3. The maximum atomic E-state index is 12.9. The summed E-state index contributed by atoms with van der Waals surface area (Å²) in [7, 11) is -2.33. The van der Waals surface area contributed by atoms with Crippen LogP contribution in [0.5, 0.6) is 5.75 Å². The first-order valence-electron chi connectivity index (χ1n) is 6.76. The summed E-state index contributed by atoms with van der Waals surface area (Å²) in [5, 5.41) is 11.4. The molecule has 3 aromatic rings. The second kappa shape index (κ2) is 5.35. The van der Waals surface area contributed by atoms with Crippen molar-refractivity contribution in [3.63, 3.8) is 0 Å². The number of para-hydroxylation sites is 2. The lowest BCUT2D eigenvalue weighted by Gasteiger charge is -2.21. The van der Waals surface area contributed by atoms with Gasteiger partial charge in [-0.25, -0.2) is 8.42 Å². The summed E-state index contributed by atoms with van der Waals surface area (Å²) in [6.45, 7) is 0. The van der Waals surface area contributed by atoms with E-state index in [2.05, 4.69) is 0 Å². The molecule has 112 valence electrons. The van der Waals surface area contributed by atoms with Crippen LogP contribution in [0.1, 0.15) is 0 Å². The van der Waals surface area contributed by atoms with Gasteiger partial charge in [-0.05, 0) is 23.6 Å². The number of benzene rings is 3. The number of nitrogens with zero attached hydrogens (tertiary/aromatic N) is 1. The molecule has 5 heteroatoms. The second-order valence-electron chi connectivity index (χ2n) is 4.94. The molecule has 3 aromatic carbocycles. The molecule has 0 aliphatic heterocycles. The summed E-state index contributed by atoms with van der Waals surface area (Å²) < 4.78 is 26.9. The van der Waals surface area contributed by atoms with Gasteiger partial charge in [-0.3, -0.25) is 4.31 Å². The van der Waals surface area contributed by atoms with E-state index in [4.69, 9.17) is 0 Å². The Morgan fingerprint density at radius 2 is 1.50 bits per heavy atom. The van der Waals surface area contributed by atoms with Crippen LogP contribution in [0.2, 0.25) is 0 Å². The Balaban J connectivity index is 2.19. The smallest absolute Gasteiger partial charge is 0.264 e. The molecule has 0 aromatic heterocycles. The number of fused-ring (bicyclic) bond motifs is 1. The Kier molecular flexibility index (Phi) is 3.50. The predicted octanol–water partition coefficient (Wildman–Crippen LogP) is 3.37. The van der Waals surface area contributed by atoms with Gasteiger partial charge in [-0.2, -0.15) is 0 Å². The van der Waals surface area contributed by atoms with Gasteiger partial charge in [0.25, 0.3) is 10.0 Å². The zero-order chi connectivity index (χ0) is 15.7. The fraction of sp³-hybridized carbons (Fsp3) is 0.0588. The van der Waals surface area contributed by atoms with E-state index in [0.717, 1.165) is 9.69 Å². The molecule has 0 aliphatic carbocycles. The van der Waals surface area contributed by atoms with E-state index in [0.29, 0.717) is 5.39 Å². The fourth-order valence-corrected chi connectivity index (χ4v) is 3.85. The predicted molar refractivity (Wildman–Crippen MR) is 87.6 cm³/mol. The highest BCUT2D eigenvalue weighted by Crippen LogP contribution is 2.32. The van der Waals surface area contributed by atoms with Crippen molar-refractivity contribution < 1.29 is 13.5 Å². The van der Waals surface area contributed by atoms with Gasteiger partial charge in [-0.1, -0.05) is 48.5 Å². The number of phenols is 1. The highest BCUT2D eigenvalue weighted by molar-refractivity contribution is 7.93. The van der Waals surface area contributed by atoms with E-state index >= 15 is 0 Å². The monoisotopic (exact) mass is 313 g/mol. The van der Waals surface area contributed by atoms with Gasteiger partial charge in [0.2, 0.25) is 0 Å². The normalized spacial score (nSPS) is 11.5. The Hall–Kier alpha value is -2.53. The molecule has 4 nitrogen and oxygen atoms in total. The molecule has 0 saturated heterocycles. The van der Waals surface area contributed by atoms with Crippen molar-refractivity contribution >= 4 is 26.5 Å². The number of sulfonamides is 1. The highest BCUT2D eigenvalue weighted by Gasteiger charge is 2.24. The molecule has 0 unspecified atom stereocenters. The molecule has 22 heavy (non-hydrogen) atoms. The standard InChI is InChI=1S/C17H15NO3S/c1-18(15-10-4-5-11-16(15)19)22(20,21)17-12-6-8-13-7-2-3-9-14(13)17/h2-12,19H,1H3. The molecule has 0 saturated carbocycles. The minimum atomic E-state index is -3.77. The molecule has 0 radical (unpaired) electrons. The highest BCUT2D eigenvalue weighted by atomic mass is 32.2. The minimum Gasteiger partial charge on any atom is -0.506 e. The van der Waals surface area contributed by atoms with E-state index < -0.39 is 10.0 Å². The molecule has 0 amide bonds. The number of aromatic hydroxyl groups is 1. The van der Waals surface area contributed by atoms with E-state index in [1.54, 1.807) is 42.5 Å². The summed E-state index contributed by atoms with van der Waals surface area (Å²) >= 11 is 0. The van der Waals surface area contributed by atoms with Crippen LogP contribution in [0, 0.1) is 0 Å². The quantitative estimate of drug-likeness (QED) is 0.806. The third-order valence-corrected chi connectivity index (χ3v) is 5.44. The third kappa shape index (κ3) is 2.29. The van der Waals surface area contributed by atoms with Gasteiger partial charge in [0, 0.05) is 12.4 Å². The lowest BCUT2D eigenvalue weighted by atomic mass is 10.1. The fourth-order valence-electron chi connectivity index (χ4n) is 2.43. The van der Waals surface area contributed by atoms with Crippen molar-refractivity contribution in [2.75, 3.05) is 11.4 Å². The van der Waals surface area contributed by atoms with Crippen LogP contribution in [0.25, 0.3) is 10.8 Å². The zero-order valence-corrected chi connectivity index (χ0v) is 12.8. The SMILES string of the molecule is CN(c1ccccc1O)S(=O)(=O)c1cccc2ccccc12. The zero-order valence-electron chi connectivity index (χ0n) is 12.0. The third-order valence-electron chi connectivity index (χ3n) is 3.61. The van der Waals surface area contributed by atoms with Crippen molar-refractivity contribution in [3.05, 3.63) is 66.7 Å². The van der Waals surface area contributed by atoms with Crippen molar-refractivity contribution in [3.8, 4) is 5.75 Å². The summed E-state index contributed by atoms with van der Waals surface area (Å²) in [4.78, 5) is 0.219. The average Bonchev–Trinajstić information content (AvgIpc) is 2.54. The van der Waals surface area contributed by atoms with Crippen LogP contribution >= 0.6 is 0 Å². The molecule has 0 fully saturated rings. The van der Waals surface area contributed by atoms with E-state index in [1.165, 1.54) is 13.1 Å². The average molecular weight is 313 g/mol. The first-order chi connectivity index (χ1) is 10.5. The second-order valence-corrected chi connectivity index (χ2v) is 6.88. The maximum Gasteiger partial charge on any atom is 0.264 e. The van der Waals surface area contributed by atoms with Gasteiger partial charge in [0.15, 0.2) is 0 Å². The van der Waals surface area contributed by atoms with Gasteiger partial charge in [0.05, 0.1) is 10.6 Å². The van der Waals surface area contributed by atoms with Crippen LogP contribution < -0.4 is 4.31 Å². The molecule has 0 heterocycles. The molecule has 3 rings (SSSR count). The molecule has 0 atom stereocenters. The topological polar surface area (TPSA) is 57.6 Å². The van der Waals surface area contributed by atoms with E-state index in [9.17, 15) is 13.5 Å². The van der Waals surface area contributed by atoms with E-state index in [1.807, 2.05) is 18.2 Å². The first kappa shape index (κ1) is 14.4. The molecular formula is C17H15NO3S. The molecule has 0 aliphatic rings.